The van der Waals surface area contributed by atoms with Crippen molar-refractivity contribution in [2.24, 2.45) is 0 Å². The second kappa shape index (κ2) is 3.62. The summed E-state index contributed by atoms with van der Waals surface area (Å²) in [5, 5.41) is 27.3. The molecule has 0 aliphatic carbocycles. The van der Waals surface area contributed by atoms with E-state index in [9.17, 15) is 5.11 Å². The Kier molecular flexibility index (Phi) is 2.91. The van der Waals surface area contributed by atoms with Gasteiger partial charge in [-0.3, -0.25) is 4.90 Å². The second-order valence-electron chi connectivity index (χ2n) is 4.05. The lowest BCUT2D eigenvalue weighted by molar-refractivity contribution is 0.0953. The normalized spacial score (nSPS) is 30.4. The minimum atomic E-state index is -0.606. The van der Waals surface area contributed by atoms with Crippen LogP contribution in [0.5, 0.6) is 0 Å². The molecule has 0 radical (unpaired) electrons. The van der Waals surface area contributed by atoms with Crippen molar-refractivity contribution >= 4 is 0 Å². The summed E-state index contributed by atoms with van der Waals surface area (Å²) in [5.74, 6) is 0. The molecule has 2 N–H and O–H groups in total. The topological polar surface area (TPSA) is 67.5 Å². The summed E-state index contributed by atoms with van der Waals surface area (Å²) in [4.78, 5) is 1.86. The Labute approximate surface area is 78.4 Å². The first-order chi connectivity index (χ1) is 6.01. The number of nitrogens with zero attached hydrogens (tertiary/aromatic N) is 2. The minimum Gasteiger partial charge on any atom is -0.395 e. The summed E-state index contributed by atoms with van der Waals surface area (Å²) < 4.78 is 0. The van der Waals surface area contributed by atoms with Gasteiger partial charge in [0.15, 0.2) is 0 Å². The molecule has 4 nitrogen and oxygen atoms in total. The average molecular weight is 184 g/mol. The van der Waals surface area contributed by atoms with E-state index >= 15 is 0 Å². The predicted octanol–water partition coefficient (Wildman–Crippen LogP) is -0.284. The molecule has 1 rings (SSSR count). The first-order valence-corrected chi connectivity index (χ1v) is 4.48. The van der Waals surface area contributed by atoms with Gasteiger partial charge < -0.3 is 10.2 Å². The van der Waals surface area contributed by atoms with Gasteiger partial charge >= 0.3 is 0 Å². The predicted molar refractivity (Wildman–Crippen MR) is 47.9 cm³/mol. The van der Waals surface area contributed by atoms with Gasteiger partial charge in [-0.05, 0) is 20.3 Å². The van der Waals surface area contributed by atoms with Crippen LogP contribution in [-0.4, -0.2) is 45.9 Å². The molecule has 0 bridgehead atoms. The highest BCUT2D eigenvalue weighted by Crippen LogP contribution is 2.26. The minimum absolute atomic E-state index is 0.00215. The molecule has 1 aliphatic heterocycles. The van der Waals surface area contributed by atoms with Crippen LogP contribution in [0.2, 0.25) is 0 Å². The highest BCUT2D eigenvalue weighted by atomic mass is 16.3. The molecule has 1 heterocycles. The maximum atomic E-state index is 9.40. The number of nitriles is 1. The number of hydrogen-bond acceptors (Lipinski definition) is 4. The van der Waals surface area contributed by atoms with Crippen molar-refractivity contribution in [2.45, 2.75) is 38.0 Å². The van der Waals surface area contributed by atoms with Gasteiger partial charge in [0, 0.05) is 12.6 Å². The Morgan fingerprint density at radius 3 is 2.69 bits per heavy atom. The SMILES string of the molecule is CC(C)(C#N)N1CC(O)CC1CO. The number of likely N-dealkylation sites (tertiary alicyclic amines) is 1. The summed E-state index contributed by atoms with van der Waals surface area (Å²) in [6, 6.07) is 2.09. The van der Waals surface area contributed by atoms with E-state index in [1.807, 2.05) is 4.90 Å². The van der Waals surface area contributed by atoms with Crippen LogP contribution in [0.1, 0.15) is 20.3 Å². The van der Waals surface area contributed by atoms with E-state index in [0.717, 1.165) is 0 Å². The zero-order chi connectivity index (χ0) is 10.1. The van der Waals surface area contributed by atoms with Crippen LogP contribution in [0.4, 0.5) is 0 Å². The molecule has 2 unspecified atom stereocenters. The van der Waals surface area contributed by atoms with Crippen LogP contribution in [0.3, 0.4) is 0 Å². The van der Waals surface area contributed by atoms with Crippen LogP contribution >= 0.6 is 0 Å². The first-order valence-electron chi connectivity index (χ1n) is 4.48. The number of rotatable bonds is 2. The molecule has 1 aliphatic rings. The zero-order valence-electron chi connectivity index (χ0n) is 8.06. The van der Waals surface area contributed by atoms with E-state index in [1.165, 1.54) is 0 Å². The fourth-order valence-corrected chi connectivity index (χ4v) is 1.81. The zero-order valence-corrected chi connectivity index (χ0v) is 8.06. The fraction of sp³-hybridized carbons (Fsp3) is 0.889. The quantitative estimate of drug-likeness (QED) is 0.619. The third kappa shape index (κ3) is 1.99. The molecule has 0 amide bonds. The van der Waals surface area contributed by atoms with Gasteiger partial charge in [0.25, 0.3) is 0 Å². The summed E-state index contributed by atoms with van der Waals surface area (Å²) in [6.07, 6.45) is 0.145. The van der Waals surface area contributed by atoms with Crippen LogP contribution in [0, 0.1) is 11.3 Å². The highest BCUT2D eigenvalue weighted by Gasteiger charge is 2.39. The summed E-state index contributed by atoms with van der Waals surface area (Å²) in [6.45, 7) is 4.08. The maximum Gasteiger partial charge on any atom is 0.103 e. The van der Waals surface area contributed by atoms with Crippen molar-refractivity contribution in [3.8, 4) is 6.07 Å². The Morgan fingerprint density at radius 1 is 1.62 bits per heavy atom. The third-order valence-electron chi connectivity index (χ3n) is 2.59. The van der Waals surface area contributed by atoms with Crippen LogP contribution in [-0.2, 0) is 0 Å². The van der Waals surface area contributed by atoms with Crippen LogP contribution < -0.4 is 0 Å². The van der Waals surface area contributed by atoms with Gasteiger partial charge in [0.1, 0.15) is 5.54 Å². The molecule has 2 atom stereocenters. The second-order valence-corrected chi connectivity index (χ2v) is 4.05. The molecule has 0 aromatic heterocycles. The molecule has 1 saturated heterocycles. The van der Waals surface area contributed by atoms with Crippen molar-refractivity contribution < 1.29 is 10.2 Å². The van der Waals surface area contributed by atoms with E-state index < -0.39 is 11.6 Å². The highest BCUT2D eigenvalue weighted by molar-refractivity contribution is 5.06. The van der Waals surface area contributed by atoms with E-state index in [4.69, 9.17) is 10.4 Å². The van der Waals surface area contributed by atoms with Gasteiger partial charge in [-0.15, -0.1) is 0 Å². The lowest BCUT2D eigenvalue weighted by atomic mass is 10.0. The largest absolute Gasteiger partial charge is 0.395 e. The van der Waals surface area contributed by atoms with Crippen molar-refractivity contribution in [2.75, 3.05) is 13.2 Å². The molecule has 1 fully saturated rings. The maximum absolute atomic E-state index is 9.40. The number of hydrogen-bond donors (Lipinski definition) is 2. The lowest BCUT2D eigenvalue weighted by Gasteiger charge is -2.33. The molecule has 0 aromatic carbocycles. The van der Waals surface area contributed by atoms with E-state index in [0.29, 0.717) is 13.0 Å². The fourth-order valence-electron chi connectivity index (χ4n) is 1.81. The Balaban J connectivity index is 2.75. The molecule has 4 heteroatoms. The third-order valence-corrected chi connectivity index (χ3v) is 2.59. The van der Waals surface area contributed by atoms with Gasteiger partial charge in [-0.25, -0.2) is 0 Å². The van der Waals surface area contributed by atoms with E-state index in [1.54, 1.807) is 13.8 Å². The summed E-state index contributed by atoms with van der Waals surface area (Å²) >= 11 is 0. The van der Waals surface area contributed by atoms with Crippen molar-refractivity contribution in [3.63, 3.8) is 0 Å². The van der Waals surface area contributed by atoms with Crippen molar-refractivity contribution in [1.82, 2.24) is 4.90 Å². The Bertz CT molecular complexity index is 222. The first kappa shape index (κ1) is 10.5. The Hall–Kier alpha value is -0.630. The monoisotopic (exact) mass is 184 g/mol. The molecule has 74 valence electrons. The average Bonchev–Trinajstić information content (AvgIpc) is 2.47. The molecular weight excluding hydrogens is 168 g/mol. The van der Waals surface area contributed by atoms with Crippen LogP contribution in [0.15, 0.2) is 0 Å². The molecule has 0 saturated carbocycles. The molecule has 0 aromatic rings. The molecule has 13 heavy (non-hydrogen) atoms. The van der Waals surface area contributed by atoms with Crippen molar-refractivity contribution in [1.29, 1.82) is 5.26 Å². The lowest BCUT2D eigenvalue weighted by Crippen LogP contribution is -2.47. The van der Waals surface area contributed by atoms with E-state index in [2.05, 4.69) is 6.07 Å². The van der Waals surface area contributed by atoms with E-state index in [-0.39, 0.29) is 12.6 Å². The number of aliphatic hydroxyl groups excluding tert-OH is 2. The van der Waals surface area contributed by atoms with Gasteiger partial charge in [-0.1, -0.05) is 0 Å². The standard InChI is InChI=1S/C9H16N2O2/c1-9(2,6-10)11-4-8(13)3-7(11)5-12/h7-8,12-13H,3-5H2,1-2H3. The number of aliphatic hydroxyl groups is 2. The van der Waals surface area contributed by atoms with Gasteiger partial charge in [-0.2, -0.15) is 5.26 Å². The molecule has 0 spiro atoms. The summed E-state index contributed by atoms with van der Waals surface area (Å²) in [7, 11) is 0. The van der Waals surface area contributed by atoms with Gasteiger partial charge in [0.2, 0.25) is 0 Å². The smallest absolute Gasteiger partial charge is 0.103 e. The van der Waals surface area contributed by atoms with Gasteiger partial charge in [0.05, 0.1) is 18.8 Å². The van der Waals surface area contributed by atoms with Crippen molar-refractivity contribution in [3.05, 3.63) is 0 Å². The van der Waals surface area contributed by atoms with Crippen LogP contribution in [0.25, 0.3) is 0 Å². The Morgan fingerprint density at radius 2 is 2.23 bits per heavy atom. The molecular formula is C9H16N2O2. The summed E-state index contributed by atoms with van der Waals surface area (Å²) in [5.41, 5.74) is -0.606. The number of β-amino-alcohol motifs (C(OH)–C–C–N with tert-alkyl or cyclic N) is 1.